The maximum atomic E-state index is 11.8. The van der Waals surface area contributed by atoms with Gasteiger partial charge in [0.15, 0.2) is 0 Å². The fourth-order valence-corrected chi connectivity index (χ4v) is 3.81. The van der Waals surface area contributed by atoms with Crippen LogP contribution in [-0.4, -0.2) is 42.7 Å². The highest BCUT2D eigenvalue weighted by atomic mass is 32.2. The van der Waals surface area contributed by atoms with Crippen molar-refractivity contribution in [3.63, 3.8) is 0 Å². The first kappa shape index (κ1) is 13.0. The van der Waals surface area contributed by atoms with Gasteiger partial charge in [0, 0.05) is 29.2 Å². The highest BCUT2D eigenvalue weighted by molar-refractivity contribution is 7.99. The summed E-state index contributed by atoms with van der Waals surface area (Å²) in [5.41, 5.74) is 1.45. The maximum absolute atomic E-state index is 11.8. The Morgan fingerprint density at radius 1 is 1.42 bits per heavy atom. The molecule has 2 aliphatic rings. The number of nitrogens with one attached hydrogen (secondary N) is 1. The number of benzene rings is 1. The average molecular weight is 276 g/mol. The Bertz CT molecular complexity index is 473. The molecule has 19 heavy (non-hydrogen) atoms. The first-order valence-corrected chi connectivity index (χ1v) is 7.90. The summed E-state index contributed by atoms with van der Waals surface area (Å²) in [7, 11) is 2.04. The summed E-state index contributed by atoms with van der Waals surface area (Å²) >= 11 is 1.93. The number of fused-ring (bicyclic) bond motifs is 1. The molecular weight excluding hydrogens is 256 g/mol. The number of carbonyl (C=O) groups excluding carboxylic acids is 1. The number of hydrogen-bond acceptors (Lipinski definition) is 3. The molecule has 1 unspecified atom stereocenters. The Morgan fingerprint density at radius 2 is 2.21 bits per heavy atom. The fraction of sp³-hybridized carbons (Fsp3) is 0.533. The molecule has 0 spiro atoms. The number of likely N-dealkylation sites (N-methyl/N-ethyl adjacent to an activating group) is 1. The molecule has 0 saturated heterocycles. The summed E-state index contributed by atoms with van der Waals surface area (Å²) in [5, 5.41) is 3.04. The van der Waals surface area contributed by atoms with E-state index in [9.17, 15) is 4.79 Å². The highest BCUT2D eigenvalue weighted by Crippen LogP contribution is 2.39. The van der Waals surface area contributed by atoms with Crippen LogP contribution in [0.15, 0.2) is 29.2 Å². The van der Waals surface area contributed by atoms with Gasteiger partial charge >= 0.3 is 0 Å². The van der Waals surface area contributed by atoms with E-state index >= 15 is 0 Å². The lowest BCUT2D eigenvalue weighted by Crippen LogP contribution is -2.37. The Labute approximate surface area is 118 Å². The average Bonchev–Trinajstić information content (AvgIpc) is 3.10. The van der Waals surface area contributed by atoms with Crippen LogP contribution in [0.25, 0.3) is 0 Å². The molecule has 1 N–H and O–H groups in total. The van der Waals surface area contributed by atoms with E-state index in [1.165, 1.54) is 10.5 Å². The van der Waals surface area contributed by atoms with Crippen molar-refractivity contribution < 1.29 is 4.79 Å². The Morgan fingerprint density at radius 3 is 3.00 bits per heavy atom. The van der Waals surface area contributed by atoms with E-state index in [1.54, 1.807) is 0 Å². The van der Waals surface area contributed by atoms with Crippen LogP contribution in [0.2, 0.25) is 0 Å². The molecule has 0 aromatic heterocycles. The Balaban J connectivity index is 1.52. The SMILES string of the molecule is CN(CC(=O)NC1CC1)CC1CSc2ccccc21. The van der Waals surface area contributed by atoms with Crippen LogP contribution >= 0.6 is 11.8 Å². The molecular formula is C15H20N2OS. The van der Waals surface area contributed by atoms with Crippen molar-refractivity contribution in [2.24, 2.45) is 0 Å². The van der Waals surface area contributed by atoms with Gasteiger partial charge in [-0.1, -0.05) is 18.2 Å². The van der Waals surface area contributed by atoms with Gasteiger partial charge in [-0.3, -0.25) is 9.69 Å². The first-order valence-electron chi connectivity index (χ1n) is 6.92. The minimum absolute atomic E-state index is 0.170. The number of amides is 1. The molecule has 1 fully saturated rings. The van der Waals surface area contributed by atoms with E-state index in [4.69, 9.17) is 0 Å². The standard InChI is InChI=1S/C15H20N2OS/c1-17(9-15(18)16-12-6-7-12)8-11-10-19-14-5-3-2-4-13(11)14/h2-5,11-12H,6-10H2,1H3,(H,16,18). The summed E-state index contributed by atoms with van der Waals surface area (Å²) in [4.78, 5) is 15.3. The van der Waals surface area contributed by atoms with Crippen molar-refractivity contribution in [1.29, 1.82) is 0 Å². The second-order valence-corrected chi connectivity index (χ2v) is 6.65. The minimum atomic E-state index is 0.170. The van der Waals surface area contributed by atoms with Crippen LogP contribution in [0.4, 0.5) is 0 Å². The van der Waals surface area contributed by atoms with Crippen LogP contribution in [0, 0.1) is 0 Å². The van der Waals surface area contributed by atoms with Gasteiger partial charge in [-0.15, -0.1) is 11.8 Å². The number of carbonyl (C=O) groups is 1. The van der Waals surface area contributed by atoms with E-state index in [0.717, 1.165) is 25.1 Å². The molecule has 1 saturated carbocycles. The molecule has 102 valence electrons. The molecule has 1 aromatic carbocycles. The van der Waals surface area contributed by atoms with Crippen molar-refractivity contribution in [3.05, 3.63) is 29.8 Å². The number of rotatable bonds is 5. The van der Waals surface area contributed by atoms with Gasteiger partial charge in [0.25, 0.3) is 0 Å². The first-order chi connectivity index (χ1) is 9.22. The number of nitrogens with zero attached hydrogens (tertiary/aromatic N) is 1. The van der Waals surface area contributed by atoms with E-state index < -0.39 is 0 Å². The monoisotopic (exact) mass is 276 g/mol. The number of hydrogen-bond donors (Lipinski definition) is 1. The molecule has 1 atom stereocenters. The molecule has 0 bridgehead atoms. The maximum Gasteiger partial charge on any atom is 0.234 e. The van der Waals surface area contributed by atoms with Gasteiger partial charge in [0.1, 0.15) is 0 Å². The third-order valence-corrected chi connectivity index (χ3v) is 4.94. The van der Waals surface area contributed by atoms with Gasteiger partial charge in [-0.05, 0) is 31.5 Å². The molecule has 1 aliphatic heterocycles. The Hall–Kier alpha value is -1.00. The summed E-state index contributed by atoms with van der Waals surface area (Å²) in [6.07, 6.45) is 2.31. The zero-order valence-corrected chi connectivity index (χ0v) is 12.1. The smallest absolute Gasteiger partial charge is 0.234 e. The van der Waals surface area contributed by atoms with Crippen molar-refractivity contribution in [3.8, 4) is 0 Å². The lowest BCUT2D eigenvalue weighted by atomic mass is 10.0. The van der Waals surface area contributed by atoms with Gasteiger partial charge in [0.05, 0.1) is 6.54 Å². The minimum Gasteiger partial charge on any atom is -0.352 e. The summed E-state index contributed by atoms with van der Waals surface area (Å²) in [5.74, 6) is 1.86. The fourth-order valence-electron chi connectivity index (χ4n) is 2.57. The third-order valence-electron chi connectivity index (χ3n) is 3.69. The lowest BCUT2D eigenvalue weighted by molar-refractivity contribution is -0.122. The van der Waals surface area contributed by atoms with E-state index in [2.05, 4.69) is 34.5 Å². The van der Waals surface area contributed by atoms with E-state index in [0.29, 0.717) is 18.5 Å². The normalized spacial score (nSPS) is 21.5. The van der Waals surface area contributed by atoms with Gasteiger partial charge < -0.3 is 5.32 Å². The largest absolute Gasteiger partial charge is 0.352 e. The van der Waals surface area contributed by atoms with Crippen molar-refractivity contribution >= 4 is 17.7 Å². The zero-order valence-electron chi connectivity index (χ0n) is 11.3. The summed E-state index contributed by atoms with van der Waals surface area (Å²) in [6.45, 7) is 1.47. The van der Waals surface area contributed by atoms with Crippen LogP contribution in [0.5, 0.6) is 0 Å². The number of thioether (sulfide) groups is 1. The highest BCUT2D eigenvalue weighted by Gasteiger charge is 2.26. The molecule has 1 amide bonds. The van der Waals surface area contributed by atoms with Crippen molar-refractivity contribution in [2.75, 3.05) is 25.9 Å². The lowest BCUT2D eigenvalue weighted by Gasteiger charge is -2.20. The second kappa shape index (κ2) is 5.55. The van der Waals surface area contributed by atoms with E-state index in [-0.39, 0.29) is 5.91 Å². The van der Waals surface area contributed by atoms with Gasteiger partial charge in [0.2, 0.25) is 5.91 Å². The summed E-state index contributed by atoms with van der Waals surface area (Å²) in [6, 6.07) is 9.08. The van der Waals surface area contributed by atoms with E-state index in [1.807, 2.05) is 18.8 Å². The van der Waals surface area contributed by atoms with Crippen LogP contribution < -0.4 is 5.32 Å². The molecule has 3 nitrogen and oxygen atoms in total. The van der Waals surface area contributed by atoms with Crippen LogP contribution in [0.1, 0.15) is 24.3 Å². The molecule has 4 heteroatoms. The molecule has 3 rings (SSSR count). The Kier molecular flexibility index (Phi) is 3.80. The quantitative estimate of drug-likeness (QED) is 0.894. The second-order valence-electron chi connectivity index (χ2n) is 5.58. The molecule has 1 heterocycles. The van der Waals surface area contributed by atoms with Crippen molar-refractivity contribution in [1.82, 2.24) is 10.2 Å². The zero-order chi connectivity index (χ0) is 13.2. The van der Waals surface area contributed by atoms with Crippen LogP contribution in [0.3, 0.4) is 0 Å². The third kappa shape index (κ3) is 3.31. The molecule has 1 aromatic rings. The summed E-state index contributed by atoms with van der Waals surface area (Å²) < 4.78 is 0. The predicted octanol–water partition coefficient (Wildman–Crippen LogP) is 2.09. The molecule has 1 aliphatic carbocycles. The van der Waals surface area contributed by atoms with Gasteiger partial charge in [-0.25, -0.2) is 0 Å². The van der Waals surface area contributed by atoms with Crippen LogP contribution in [-0.2, 0) is 4.79 Å². The topological polar surface area (TPSA) is 32.3 Å². The predicted molar refractivity (Wildman–Crippen MR) is 78.6 cm³/mol. The molecule has 0 radical (unpaired) electrons. The van der Waals surface area contributed by atoms with Gasteiger partial charge in [-0.2, -0.15) is 0 Å². The van der Waals surface area contributed by atoms with Crippen molar-refractivity contribution in [2.45, 2.75) is 29.7 Å².